The van der Waals surface area contributed by atoms with Crippen molar-refractivity contribution in [3.8, 4) is 0 Å². The van der Waals surface area contributed by atoms with Crippen LogP contribution >= 0.6 is 0 Å². The highest BCUT2D eigenvalue weighted by atomic mass is 16.7. The minimum Gasteiger partial charge on any atom is -0.394 e. The van der Waals surface area contributed by atoms with Gasteiger partial charge < -0.3 is 45.4 Å². The van der Waals surface area contributed by atoms with E-state index in [1.54, 1.807) is 6.08 Å². The minimum absolute atomic E-state index is 0.297. The second kappa shape index (κ2) is 34.8. The van der Waals surface area contributed by atoms with Crippen molar-refractivity contribution in [2.24, 2.45) is 0 Å². The third-order valence-electron chi connectivity index (χ3n) is 10.6. The largest absolute Gasteiger partial charge is 0.394 e. The van der Waals surface area contributed by atoms with Crippen LogP contribution in [0.25, 0.3) is 0 Å². The van der Waals surface area contributed by atoms with E-state index in [1.807, 2.05) is 6.08 Å². The summed E-state index contributed by atoms with van der Waals surface area (Å²) in [6.45, 7) is 3.58. The molecule has 0 bridgehead atoms. The van der Waals surface area contributed by atoms with Crippen molar-refractivity contribution in [3.63, 3.8) is 0 Å². The topological polar surface area (TPSA) is 169 Å². The van der Waals surface area contributed by atoms with E-state index < -0.39 is 61.5 Å². The molecule has 1 aliphatic rings. The Bertz CT molecular complexity index is 916. The lowest BCUT2D eigenvalue weighted by Gasteiger charge is -2.40. The van der Waals surface area contributed by atoms with Crippen LogP contribution in [0.2, 0.25) is 0 Å². The van der Waals surface area contributed by atoms with Gasteiger partial charge in [0.1, 0.15) is 30.5 Å². The van der Waals surface area contributed by atoms with Gasteiger partial charge >= 0.3 is 0 Å². The molecule has 0 radical (unpaired) electrons. The van der Waals surface area contributed by atoms with Gasteiger partial charge in [-0.1, -0.05) is 167 Å². The molecule has 0 spiro atoms. The number of amides is 1. The number of carbonyl (C=O) groups is 1. The number of aliphatic hydroxyl groups is 6. The van der Waals surface area contributed by atoms with Gasteiger partial charge in [-0.25, -0.2) is 0 Å². The number of hydrogen-bond acceptors (Lipinski definition) is 9. The molecular formula is C44H83NO9. The Kier molecular flexibility index (Phi) is 32.7. The molecule has 1 aliphatic heterocycles. The smallest absolute Gasteiger partial charge is 0.249 e. The Hall–Kier alpha value is -1.37. The molecule has 0 aromatic carbocycles. The minimum atomic E-state index is -1.61. The van der Waals surface area contributed by atoms with E-state index in [9.17, 15) is 35.4 Å². The Morgan fingerprint density at radius 3 is 1.56 bits per heavy atom. The Morgan fingerprint density at radius 2 is 1.07 bits per heavy atom. The third-order valence-corrected chi connectivity index (χ3v) is 10.6. The molecule has 1 saturated heterocycles. The van der Waals surface area contributed by atoms with Gasteiger partial charge in [-0.2, -0.15) is 0 Å². The average molecular weight is 770 g/mol. The van der Waals surface area contributed by atoms with E-state index in [0.717, 1.165) is 51.4 Å². The molecule has 10 heteroatoms. The molecule has 1 rings (SSSR count). The summed E-state index contributed by atoms with van der Waals surface area (Å²) in [5.41, 5.74) is 0. The lowest BCUT2D eigenvalue weighted by molar-refractivity contribution is -0.302. The molecule has 1 amide bonds. The number of nitrogens with one attached hydrogen (secondary N) is 1. The van der Waals surface area contributed by atoms with Crippen molar-refractivity contribution >= 4 is 5.91 Å². The molecule has 54 heavy (non-hydrogen) atoms. The number of ether oxygens (including phenoxy) is 2. The number of aliphatic hydroxyl groups excluding tert-OH is 6. The number of hydrogen-bond donors (Lipinski definition) is 7. The fourth-order valence-corrected chi connectivity index (χ4v) is 6.92. The molecule has 0 aromatic rings. The van der Waals surface area contributed by atoms with E-state index >= 15 is 0 Å². The second-order valence-corrected chi connectivity index (χ2v) is 15.6. The highest BCUT2D eigenvalue weighted by Crippen LogP contribution is 2.22. The van der Waals surface area contributed by atoms with Gasteiger partial charge in [0.25, 0.3) is 0 Å². The molecule has 1 heterocycles. The second-order valence-electron chi connectivity index (χ2n) is 15.6. The van der Waals surface area contributed by atoms with Crippen LogP contribution in [0.1, 0.15) is 187 Å². The van der Waals surface area contributed by atoms with E-state index in [-0.39, 0.29) is 6.61 Å². The Balaban J connectivity index is 2.46. The first-order valence-corrected chi connectivity index (χ1v) is 22.2. The van der Waals surface area contributed by atoms with Crippen LogP contribution < -0.4 is 5.32 Å². The number of allylic oxidation sites excluding steroid dienone is 3. The van der Waals surface area contributed by atoms with E-state index in [2.05, 4.69) is 31.3 Å². The monoisotopic (exact) mass is 770 g/mol. The van der Waals surface area contributed by atoms with Crippen molar-refractivity contribution in [2.75, 3.05) is 13.2 Å². The maximum absolute atomic E-state index is 13.0. The zero-order valence-corrected chi connectivity index (χ0v) is 34.3. The van der Waals surface area contributed by atoms with Crippen LogP contribution in [0.15, 0.2) is 24.3 Å². The van der Waals surface area contributed by atoms with Crippen LogP contribution in [0.3, 0.4) is 0 Å². The molecule has 7 N–H and O–H groups in total. The Morgan fingerprint density at radius 1 is 0.630 bits per heavy atom. The van der Waals surface area contributed by atoms with Crippen LogP contribution in [0.5, 0.6) is 0 Å². The first-order chi connectivity index (χ1) is 26.3. The molecule has 318 valence electrons. The summed E-state index contributed by atoms with van der Waals surface area (Å²) < 4.78 is 11.1. The SMILES string of the molecule is CCCCCCCCC/C=C\CCCCCCC(O)C(=O)NC(COC1OC(CO)C(O)C(O)C1O)C(O)/C=C/CCCCCCCCCCCCCC. The van der Waals surface area contributed by atoms with Gasteiger partial charge in [0.05, 0.1) is 25.4 Å². The fourth-order valence-electron chi connectivity index (χ4n) is 6.92. The van der Waals surface area contributed by atoms with Gasteiger partial charge in [-0.3, -0.25) is 4.79 Å². The summed E-state index contributed by atoms with van der Waals surface area (Å²) in [6.07, 6.45) is 29.7. The first kappa shape index (κ1) is 50.6. The van der Waals surface area contributed by atoms with Gasteiger partial charge in [0, 0.05) is 0 Å². The summed E-state index contributed by atoms with van der Waals surface area (Å²) in [4.78, 5) is 13.0. The molecule has 10 nitrogen and oxygen atoms in total. The van der Waals surface area contributed by atoms with Crippen molar-refractivity contribution in [2.45, 2.75) is 236 Å². The predicted molar refractivity (Wildman–Crippen MR) is 218 cm³/mol. The van der Waals surface area contributed by atoms with E-state index in [1.165, 1.54) is 109 Å². The first-order valence-electron chi connectivity index (χ1n) is 22.2. The maximum atomic E-state index is 13.0. The third kappa shape index (κ3) is 25.0. The maximum Gasteiger partial charge on any atom is 0.249 e. The van der Waals surface area contributed by atoms with Crippen LogP contribution in [-0.2, 0) is 14.3 Å². The highest BCUT2D eigenvalue weighted by Gasteiger charge is 2.44. The van der Waals surface area contributed by atoms with Crippen LogP contribution in [0, 0.1) is 0 Å². The quantitative estimate of drug-likeness (QED) is 0.0250. The van der Waals surface area contributed by atoms with Gasteiger partial charge in [-0.15, -0.1) is 0 Å². The Labute approximate surface area is 329 Å². The van der Waals surface area contributed by atoms with Gasteiger partial charge in [-0.05, 0) is 44.9 Å². The summed E-state index contributed by atoms with van der Waals surface area (Å²) in [7, 11) is 0. The standard InChI is InChI=1S/C44H83NO9/c1-3-5-7-9-11-13-15-17-19-21-23-25-27-29-31-33-38(48)43(52)45-36(35-53-44-42(51)41(50)40(49)39(34-46)54-44)37(47)32-30-28-26-24-22-20-18-16-14-12-10-8-6-4-2/h19,21,30,32,36-42,44,46-51H,3-18,20,22-29,31,33-35H2,1-2H3,(H,45,52)/b21-19-,32-30+. The zero-order chi connectivity index (χ0) is 39.7. The van der Waals surface area contributed by atoms with Crippen molar-refractivity contribution in [1.29, 1.82) is 0 Å². The normalized spacial score (nSPS) is 22.3. The van der Waals surface area contributed by atoms with Crippen molar-refractivity contribution < 1.29 is 44.9 Å². The molecule has 8 unspecified atom stereocenters. The number of carbonyl (C=O) groups excluding carboxylic acids is 1. The lowest BCUT2D eigenvalue weighted by atomic mass is 9.99. The summed E-state index contributed by atoms with van der Waals surface area (Å²) in [6, 6.07) is -0.981. The van der Waals surface area contributed by atoms with Crippen molar-refractivity contribution in [3.05, 3.63) is 24.3 Å². The summed E-state index contributed by atoms with van der Waals surface area (Å²) in [5.74, 6) is -0.626. The lowest BCUT2D eigenvalue weighted by Crippen LogP contribution is -2.60. The van der Waals surface area contributed by atoms with Gasteiger partial charge in [0.2, 0.25) is 5.91 Å². The van der Waals surface area contributed by atoms with Crippen molar-refractivity contribution in [1.82, 2.24) is 5.32 Å². The highest BCUT2D eigenvalue weighted by molar-refractivity contribution is 5.80. The molecule has 0 saturated carbocycles. The van der Waals surface area contributed by atoms with Crippen LogP contribution in [-0.4, -0.2) is 98.7 Å². The summed E-state index contributed by atoms with van der Waals surface area (Å²) in [5, 5.41) is 64.5. The molecule has 0 aliphatic carbocycles. The average Bonchev–Trinajstić information content (AvgIpc) is 3.17. The number of rotatable bonds is 36. The van der Waals surface area contributed by atoms with Crippen LogP contribution in [0.4, 0.5) is 0 Å². The van der Waals surface area contributed by atoms with Gasteiger partial charge in [0.15, 0.2) is 6.29 Å². The molecule has 8 atom stereocenters. The predicted octanol–water partition coefficient (Wildman–Crippen LogP) is 7.69. The zero-order valence-electron chi connectivity index (χ0n) is 34.3. The fraction of sp³-hybridized carbons (Fsp3) is 0.886. The number of unbranched alkanes of at least 4 members (excludes halogenated alkanes) is 23. The molecular weight excluding hydrogens is 686 g/mol. The molecule has 0 aromatic heterocycles. The molecule has 1 fully saturated rings. The van der Waals surface area contributed by atoms with E-state index in [0.29, 0.717) is 12.8 Å². The summed E-state index contributed by atoms with van der Waals surface area (Å²) >= 11 is 0. The van der Waals surface area contributed by atoms with E-state index in [4.69, 9.17) is 9.47 Å².